The molecule has 0 saturated heterocycles. The molecule has 3 heteroatoms. The third-order valence-electron chi connectivity index (χ3n) is 3.39. The van der Waals surface area contributed by atoms with E-state index in [-0.39, 0.29) is 0 Å². The maximum absolute atomic E-state index is 5.91. The second-order valence-electron chi connectivity index (χ2n) is 5.32. The molecule has 0 aliphatic carbocycles. The van der Waals surface area contributed by atoms with Crippen molar-refractivity contribution in [2.75, 3.05) is 6.61 Å². The predicted molar refractivity (Wildman–Crippen MR) is 84.7 cm³/mol. The van der Waals surface area contributed by atoms with Crippen molar-refractivity contribution in [3.8, 4) is 17.2 Å². The summed E-state index contributed by atoms with van der Waals surface area (Å²) < 4.78 is 11.5. The summed E-state index contributed by atoms with van der Waals surface area (Å²) >= 11 is 0. The quantitative estimate of drug-likeness (QED) is 0.682. The molecule has 0 N–H and O–H groups in total. The molecule has 3 nitrogen and oxygen atoms in total. The van der Waals surface area contributed by atoms with Crippen molar-refractivity contribution in [3.63, 3.8) is 0 Å². The molecule has 108 valence electrons. The molecule has 0 bridgehead atoms. The average molecular weight is 281 g/mol. The minimum absolute atomic E-state index is 0.653. The van der Waals surface area contributed by atoms with E-state index < -0.39 is 0 Å². The molecule has 0 radical (unpaired) electrons. The second kappa shape index (κ2) is 5.60. The maximum atomic E-state index is 5.91. The zero-order chi connectivity index (χ0) is 14.8. The summed E-state index contributed by atoms with van der Waals surface area (Å²) in [6.45, 7) is 6.95. The van der Waals surface area contributed by atoms with E-state index in [1.54, 1.807) is 0 Å². The summed E-state index contributed by atoms with van der Waals surface area (Å²) in [5, 5.41) is 0. The van der Waals surface area contributed by atoms with E-state index in [1.807, 2.05) is 37.3 Å². The van der Waals surface area contributed by atoms with Crippen LogP contribution in [-0.4, -0.2) is 11.6 Å². The van der Waals surface area contributed by atoms with Gasteiger partial charge < -0.3 is 9.15 Å². The van der Waals surface area contributed by atoms with Crippen molar-refractivity contribution in [2.24, 2.45) is 0 Å². The molecule has 0 atom stereocenters. The lowest BCUT2D eigenvalue weighted by Crippen LogP contribution is -1.94. The van der Waals surface area contributed by atoms with Crippen LogP contribution in [0.1, 0.15) is 24.5 Å². The smallest absolute Gasteiger partial charge is 0.227 e. The lowest BCUT2D eigenvalue weighted by molar-refractivity contribution is 0.317. The third-order valence-corrected chi connectivity index (χ3v) is 3.39. The Morgan fingerprint density at radius 3 is 2.57 bits per heavy atom. The number of hydrogen-bond acceptors (Lipinski definition) is 3. The summed E-state index contributed by atoms with van der Waals surface area (Å²) in [7, 11) is 0. The van der Waals surface area contributed by atoms with Gasteiger partial charge in [-0.05, 0) is 61.7 Å². The molecule has 1 aromatic heterocycles. The van der Waals surface area contributed by atoms with Gasteiger partial charge in [0.25, 0.3) is 0 Å². The van der Waals surface area contributed by atoms with Crippen molar-refractivity contribution in [1.29, 1.82) is 0 Å². The minimum atomic E-state index is 0.653. The van der Waals surface area contributed by atoms with Gasteiger partial charge in [0, 0.05) is 5.56 Å². The van der Waals surface area contributed by atoms with Gasteiger partial charge in [0.1, 0.15) is 11.3 Å². The van der Waals surface area contributed by atoms with Crippen molar-refractivity contribution in [3.05, 3.63) is 47.5 Å². The van der Waals surface area contributed by atoms with Crippen molar-refractivity contribution >= 4 is 11.1 Å². The molecular formula is C18H19NO2. The molecule has 0 amide bonds. The Morgan fingerprint density at radius 1 is 1.10 bits per heavy atom. The molecule has 0 aliphatic rings. The highest BCUT2D eigenvalue weighted by Crippen LogP contribution is 2.28. The van der Waals surface area contributed by atoms with Gasteiger partial charge in [-0.15, -0.1) is 0 Å². The third kappa shape index (κ3) is 2.77. The zero-order valence-electron chi connectivity index (χ0n) is 12.6. The molecule has 0 unspecified atom stereocenters. The predicted octanol–water partition coefficient (Wildman–Crippen LogP) is 4.90. The van der Waals surface area contributed by atoms with E-state index in [1.165, 1.54) is 5.56 Å². The summed E-state index contributed by atoms with van der Waals surface area (Å²) in [5.41, 5.74) is 5.05. The Balaban J connectivity index is 1.95. The number of oxazole rings is 1. The highest BCUT2D eigenvalue weighted by Gasteiger charge is 2.10. The van der Waals surface area contributed by atoms with Gasteiger partial charge in [-0.3, -0.25) is 0 Å². The van der Waals surface area contributed by atoms with Gasteiger partial charge in [-0.25, -0.2) is 4.98 Å². The van der Waals surface area contributed by atoms with Crippen LogP contribution in [0.25, 0.3) is 22.6 Å². The normalized spacial score (nSPS) is 11.0. The number of ether oxygens (including phenoxy) is 1. The van der Waals surface area contributed by atoms with E-state index in [9.17, 15) is 0 Å². The van der Waals surface area contributed by atoms with Gasteiger partial charge in [-0.1, -0.05) is 13.0 Å². The lowest BCUT2D eigenvalue weighted by atomic mass is 10.1. The van der Waals surface area contributed by atoms with E-state index in [0.717, 1.165) is 41.0 Å². The molecule has 21 heavy (non-hydrogen) atoms. The number of rotatable bonds is 4. The van der Waals surface area contributed by atoms with Crippen LogP contribution in [0.5, 0.6) is 5.75 Å². The molecule has 2 aromatic carbocycles. The number of hydrogen-bond donors (Lipinski definition) is 0. The number of nitrogens with zero attached hydrogens (tertiary/aromatic N) is 1. The summed E-state index contributed by atoms with van der Waals surface area (Å²) in [6.07, 6.45) is 1.01. The van der Waals surface area contributed by atoms with Gasteiger partial charge in [-0.2, -0.15) is 0 Å². The van der Waals surface area contributed by atoms with Crippen LogP contribution in [0.3, 0.4) is 0 Å². The molecule has 0 fully saturated rings. The number of fused-ring (bicyclic) bond motifs is 1. The molecule has 0 saturated carbocycles. The van der Waals surface area contributed by atoms with Crippen LogP contribution < -0.4 is 4.74 Å². The summed E-state index contributed by atoms with van der Waals surface area (Å²) in [4.78, 5) is 4.59. The summed E-state index contributed by atoms with van der Waals surface area (Å²) in [6, 6.07) is 12.0. The first kappa shape index (κ1) is 13.7. The van der Waals surface area contributed by atoms with Gasteiger partial charge in [0.05, 0.1) is 6.61 Å². The Labute approximate surface area is 124 Å². The topological polar surface area (TPSA) is 35.3 Å². The Bertz CT molecular complexity index is 757. The molecule has 3 rings (SSSR count). The largest absolute Gasteiger partial charge is 0.494 e. The highest BCUT2D eigenvalue weighted by molar-refractivity contribution is 5.80. The maximum Gasteiger partial charge on any atom is 0.227 e. The van der Waals surface area contributed by atoms with Gasteiger partial charge in [0.2, 0.25) is 5.89 Å². The van der Waals surface area contributed by atoms with E-state index >= 15 is 0 Å². The van der Waals surface area contributed by atoms with Gasteiger partial charge >= 0.3 is 0 Å². The van der Waals surface area contributed by atoms with Crippen molar-refractivity contribution in [2.45, 2.75) is 27.2 Å². The Hall–Kier alpha value is -2.29. The fourth-order valence-electron chi connectivity index (χ4n) is 2.41. The van der Waals surface area contributed by atoms with Crippen LogP contribution in [0.2, 0.25) is 0 Å². The lowest BCUT2D eigenvalue weighted by Gasteiger charge is -2.04. The number of benzene rings is 2. The second-order valence-corrected chi connectivity index (χ2v) is 5.32. The van der Waals surface area contributed by atoms with E-state index in [4.69, 9.17) is 9.15 Å². The molecule has 0 aliphatic heterocycles. The fourth-order valence-corrected chi connectivity index (χ4v) is 2.41. The van der Waals surface area contributed by atoms with E-state index in [0.29, 0.717) is 5.89 Å². The standard InChI is InChI=1S/C18H19NO2/c1-4-9-20-15-7-5-14(6-8-15)18-19-16-11-12(2)10-13(3)17(16)21-18/h5-8,10-11H,4,9H2,1-3H3. The monoisotopic (exact) mass is 281 g/mol. The number of aryl methyl sites for hydroxylation is 2. The first-order valence-electron chi connectivity index (χ1n) is 7.28. The van der Waals surface area contributed by atoms with Gasteiger partial charge in [0.15, 0.2) is 5.58 Å². The van der Waals surface area contributed by atoms with Crippen LogP contribution in [0.4, 0.5) is 0 Å². The average Bonchev–Trinajstić information content (AvgIpc) is 2.90. The van der Waals surface area contributed by atoms with Crippen molar-refractivity contribution in [1.82, 2.24) is 4.98 Å². The van der Waals surface area contributed by atoms with E-state index in [2.05, 4.69) is 24.9 Å². The van der Waals surface area contributed by atoms with Crippen LogP contribution in [-0.2, 0) is 0 Å². The Kier molecular flexibility index (Phi) is 3.65. The van der Waals surface area contributed by atoms with Crippen LogP contribution in [0.15, 0.2) is 40.8 Å². The first-order chi connectivity index (χ1) is 10.2. The highest BCUT2D eigenvalue weighted by atomic mass is 16.5. The van der Waals surface area contributed by atoms with Crippen molar-refractivity contribution < 1.29 is 9.15 Å². The van der Waals surface area contributed by atoms with Crippen LogP contribution >= 0.6 is 0 Å². The minimum Gasteiger partial charge on any atom is -0.494 e. The number of aromatic nitrogens is 1. The summed E-state index contributed by atoms with van der Waals surface area (Å²) in [5.74, 6) is 1.53. The molecule has 1 heterocycles. The molecule has 3 aromatic rings. The zero-order valence-corrected chi connectivity index (χ0v) is 12.6. The first-order valence-corrected chi connectivity index (χ1v) is 7.28. The molecular weight excluding hydrogens is 262 g/mol. The SMILES string of the molecule is CCCOc1ccc(-c2nc3cc(C)cc(C)c3o2)cc1. The molecule has 0 spiro atoms. The Morgan fingerprint density at radius 2 is 1.86 bits per heavy atom. The van der Waals surface area contributed by atoms with Crippen LogP contribution in [0, 0.1) is 13.8 Å². The fraction of sp³-hybridized carbons (Fsp3) is 0.278.